The molecule has 84 valence electrons. The number of hydrogen-bond donors (Lipinski definition) is 1. The maximum Gasteiger partial charge on any atom is 0.137 e. The van der Waals surface area contributed by atoms with E-state index >= 15 is 0 Å². The van der Waals surface area contributed by atoms with Crippen molar-refractivity contribution in [3.05, 3.63) is 64.6 Å². The lowest BCUT2D eigenvalue weighted by Gasteiger charge is -1.94. The molecule has 0 saturated carbocycles. The Morgan fingerprint density at radius 3 is 2.76 bits per heavy atom. The fraction of sp³-hybridized carbons (Fsp3) is 0.0714. The Kier molecular flexibility index (Phi) is 2.76. The largest absolute Gasteiger partial charge is 0.344 e. The van der Waals surface area contributed by atoms with Crippen LogP contribution in [0.5, 0.6) is 0 Å². The summed E-state index contributed by atoms with van der Waals surface area (Å²) in [6, 6.07) is 12.3. The predicted molar refractivity (Wildman–Crippen MR) is 71.1 cm³/mol. The zero-order valence-corrected chi connectivity index (χ0v) is 10.1. The molecular weight excluding hydrogens is 228 g/mol. The van der Waals surface area contributed by atoms with Gasteiger partial charge in [0.2, 0.25) is 0 Å². The van der Waals surface area contributed by atoms with Crippen LogP contribution in [0.3, 0.4) is 0 Å². The van der Waals surface area contributed by atoms with Crippen LogP contribution in [0.1, 0.15) is 11.3 Å². The molecule has 0 aliphatic carbocycles. The van der Waals surface area contributed by atoms with Gasteiger partial charge >= 0.3 is 0 Å². The number of H-pyrrole nitrogens is 1. The minimum atomic E-state index is 0.896. The highest BCUT2D eigenvalue weighted by atomic mass is 32.1. The Labute approximate surface area is 104 Å². The number of aromatic nitrogens is 2. The van der Waals surface area contributed by atoms with Crippen LogP contribution in [0.4, 0.5) is 0 Å². The van der Waals surface area contributed by atoms with Gasteiger partial charge in [0.1, 0.15) is 5.82 Å². The molecule has 1 N–H and O–H groups in total. The molecule has 0 amide bonds. The normalized spacial score (nSPS) is 10.6. The third-order valence-electron chi connectivity index (χ3n) is 2.64. The first-order valence-electron chi connectivity index (χ1n) is 5.52. The molecule has 2 nitrogen and oxygen atoms in total. The minimum Gasteiger partial charge on any atom is -0.344 e. The molecule has 2 aromatic heterocycles. The van der Waals surface area contributed by atoms with Crippen LogP contribution in [-0.4, -0.2) is 9.97 Å². The molecule has 3 rings (SSSR count). The molecule has 3 aromatic rings. The maximum absolute atomic E-state index is 4.60. The number of nitrogens with zero attached hydrogens (tertiary/aromatic N) is 1. The Balaban J connectivity index is 1.84. The van der Waals surface area contributed by atoms with Crippen LogP contribution in [0.25, 0.3) is 11.4 Å². The molecule has 0 aliphatic rings. The topological polar surface area (TPSA) is 28.7 Å². The molecule has 0 aliphatic heterocycles. The third kappa shape index (κ3) is 2.29. The van der Waals surface area contributed by atoms with E-state index in [1.165, 1.54) is 5.56 Å². The monoisotopic (exact) mass is 240 g/mol. The number of aromatic amines is 1. The van der Waals surface area contributed by atoms with Crippen molar-refractivity contribution in [3.63, 3.8) is 0 Å². The predicted octanol–water partition coefficient (Wildman–Crippen LogP) is 3.73. The van der Waals surface area contributed by atoms with Gasteiger partial charge in [-0.2, -0.15) is 11.3 Å². The van der Waals surface area contributed by atoms with Crippen LogP contribution in [-0.2, 0) is 6.42 Å². The van der Waals surface area contributed by atoms with Crippen molar-refractivity contribution < 1.29 is 0 Å². The number of hydrogen-bond acceptors (Lipinski definition) is 2. The molecule has 1 aromatic carbocycles. The molecule has 0 fully saturated rings. The smallest absolute Gasteiger partial charge is 0.137 e. The molecule has 0 bridgehead atoms. The molecule has 0 unspecified atom stereocenters. The summed E-state index contributed by atoms with van der Waals surface area (Å²) in [5.41, 5.74) is 3.53. The second kappa shape index (κ2) is 4.55. The molecule has 0 saturated heterocycles. The van der Waals surface area contributed by atoms with Gasteiger partial charge in [-0.3, -0.25) is 0 Å². The van der Waals surface area contributed by atoms with Gasteiger partial charge < -0.3 is 4.98 Å². The lowest BCUT2D eigenvalue weighted by Crippen LogP contribution is -1.85. The van der Waals surface area contributed by atoms with Crippen molar-refractivity contribution in [1.29, 1.82) is 0 Å². The quantitative estimate of drug-likeness (QED) is 0.742. The Hall–Kier alpha value is -1.87. The SMILES string of the molecule is c1ccc(-c2nc(Cc3ccsc3)c[nH]2)cc1. The first-order valence-corrected chi connectivity index (χ1v) is 6.47. The van der Waals surface area contributed by atoms with Gasteiger partial charge in [0.05, 0.1) is 5.69 Å². The van der Waals surface area contributed by atoms with E-state index < -0.39 is 0 Å². The Bertz CT molecular complexity index is 582. The highest BCUT2D eigenvalue weighted by Gasteiger charge is 2.04. The van der Waals surface area contributed by atoms with Gasteiger partial charge in [0.25, 0.3) is 0 Å². The summed E-state index contributed by atoms with van der Waals surface area (Å²) in [4.78, 5) is 7.83. The fourth-order valence-corrected chi connectivity index (χ4v) is 2.47. The molecule has 17 heavy (non-hydrogen) atoms. The molecule has 2 heterocycles. The van der Waals surface area contributed by atoms with E-state index in [1.807, 2.05) is 24.4 Å². The number of benzene rings is 1. The second-order valence-corrected chi connectivity index (χ2v) is 4.69. The summed E-state index contributed by atoms with van der Waals surface area (Å²) in [5, 5.41) is 4.26. The first-order chi connectivity index (χ1) is 8.42. The van der Waals surface area contributed by atoms with Crippen LogP contribution >= 0.6 is 11.3 Å². The van der Waals surface area contributed by atoms with E-state index in [9.17, 15) is 0 Å². The minimum absolute atomic E-state index is 0.896. The molecular formula is C14H12N2S. The lowest BCUT2D eigenvalue weighted by atomic mass is 10.2. The van der Waals surface area contributed by atoms with E-state index in [2.05, 4.69) is 38.9 Å². The van der Waals surface area contributed by atoms with E-state index in [-0.39, 0.29) is 0 Å². The van der Waals surface area contributed by atoms with Gasteiger partial charge in [0, 0.05) is 18.2 Å². The lowest BCUT2D eigenvalue weighted by molar-refractivity contribution is 1.12. The van der Waals surface area contributed by atoms with Crippen LogP contribution in [0.2, 0.25) is 0 Å². The Morgan fingerprint density at radius 1 is 1.12 bits per heavy atom. The van der Waals surface area contributed by atoms with Gasteiger partial charge in [-0.25, -0.2) is 4.98 Å². The third-order valence-corrected chi connectivity index (χ3v) is 3.38. The number of rotatable bonds is 3. The van der Waals surface area contributed by atoms with E-state index in [0.29, 0.717) is 0 Å². The van der Waals surface area contributed by atoms with Crippen LogP contribution < -0.4 is 0 Å². The summed E-state index contributed by atoms with van der Waals surface area (Å²) >= 11 is 1.72. The fourth-order valence-electron chi connectivity index (χ4n) is 1.80. The summed E-state index contributed by atoms with van der Waals surface area (Å²) in [6.07, 6.45) is 2.88. The number of imidazole rings is 1. The maximum atomic E-state index is 4.60. The Morgan fingerprint density at radius 2 is 2.00 bits per heavy atom. The van der Waals surface area contributed by atoms with E-state index in [1.54, 1.807) is 11.3 Å². The number of thiophene rings is 1. The van der Waals surface area contributed by atoms with Crippen molar-refractivity contribution in [2.24, 2.45) is 0 Å². The van der Waals surface area contributed by atoms with Crippen molar-refractivity contribution in [3.8, 4) is 11.4 Å². The van der Waals surface area contributed by atoms with Gasteiger partial charge in [-0.05, 0) is 22.4 Å². The average molecular weight is 240 g/mol. The first kappa shape index (κ1) is 10.3. The van der Waals surface area contributed by atoms with Crippen LogP contribution in [0.15, 0.2) is 53.4 Å². The molecule has 0 radical (unpaired) electrons. The van der Waals surface area contributed by atoms with Crippen molar-refractivity contribution >= 4 is 11.3 Å². The molecule has 0 atom stereocenters. The summed E-state index contributed by atoms with van der Waals surface area (Å²) in [5.74, 6) is 0.941. The number of nitrogens with one attached hydrogen (secondary N) is 1. The average Bonchev–Trinajstić information content (AvgIpc) is 3.02. The highest BCUT2D eigenvalue weighted by Crippen LogP contribution is 2.17. The van der Waals surface area contributed by atoms with Gasteiger partial charge in [-0.15, -0.1) is 0 Å². The standard InChI is InChI=1S/C14H12N2S/c1-2-4-12(5-3-1)14-15-9-13(16-14)8-11-6-7-17-10-11/h1-7,9-10H,8H2,(H,15,16). The van der Waals surface area contributed by atoms with E-state index in [4.69, 9.17) is 0 Å². The van der Waals surface area contributed by atoms with Crippen molar-refractivity contribution in [2.45, 2.75) is 6.42 Å². The van der Waals surface area contributed by atoms with Crippen molar-refractivity contribution in [1.82, 2.24) is 9.97 Å². The van der Waals surface area contributed by atoms with Gasteiger partial charge in [-0.1, -0.05) is 30.3 Å². The zero-order chi connectivity index (χ0) is 11.5. The zero-order valence-electron chi connectivity index (χ0n) is 9.26. The molecule has 3 heteroatoms. The van der Waals surface area contributed by atoms with Gasteiger partial charge in [0.15, 0.2) is 0 Å². The second-order valence-electron chi connectivity index (χ2n) is 3.91. The summed E-state index contributed by atoms with van der Waals surface area (Å²) in [6.45, 7) is 0. The van der Waals surface area contributed by atoms with Crippen molar-refractivity contribution in [2.75, 3.05) is 0 Å². The summed E-state index contributed by atoms with van der Waals surface area (Å²) in [7, 11) is 0. The van der Waals surface area contributed by atoms with Crippen LogP contribution in [0, 0.1) is 0 Å². The van der Waals surface area contributed by atoms with E-state index in [0.717, 1.165) is 23.5 Å². The highest BCUT2D eigenvalue weighted by molar-refractivity contribution is 7.07. The summed E-state index contributed by atoms with van der Waals surface area (Å²) < 4.78 is 0. The molecule has 0 spiro atoms.